The minimum absolute atomic E-state index is 0.0834. The largest absolute Gasteiger partial charge is 0.497 e. The molecule has 2 heterocycles. The van der Waals surface area contributed by atoms with Crippen LogP contribution in [0.1, 0.15) is 11.1 Å². The standard InChI is InChI=1S/C22H17ClIN3O4/c1-30-16-5-2-14(3-6-16)12-26-13-19(24)22(17-8-9-25-11-20(17)26)31-21-7-4-15(27(28)29)10-18(21)23/h2-11H,12-13H2,1H3. The maximum atomic E-state index is 11.0. The molecule has 0 bridgehead atoms. The third-order valence-electron chi connectivity index (χ3n) is 4.83. The van der Waals surface area contributed by atoms with Crippen LogP contribution in [0, 0.1) is 10.1 Å². The molecule has 158 valence electrons. The predicted molar refractivity (Wildman–Crippen MR) is 128 cm³/mol. The maximum absolute atomic E-state index is 11.0. The van der Waals surface area contributed by atoms with Crippen molar-refractivity contribution >= 4 is 51.3 Å². The molecule has 0 saturated carbocycles. The highest BCUT2D eigenvalue weighted by molar-refractivity contribution is 14.1. The summed E-state index contributed by atoms with van der Waals surface area (Å²) >= 11 is 8.50. The van der Waals surface area contributed by atoms with Crippen LogP contribution in [0.3, 0.4) is 0 Å². The lowest BCUT2D eigenvalue weighted by Gasteiger charge is -2.32. The van der Waals surface area contributed by atoms with E-state index in [4.69, 9.17) is 21.1 Å². The second-order valence-corrected chi connectivity index (χ2v) is 8.51. The maximum Gasteiger partial charge on any atom is 0.271 e. The number of nitrogens with zero attached hydrogens (tertiary/aromatic N) is 3. The molecule has 9 heteroatoms. The number of fused-ring (bicyclic) bond motifs is 1. The zero-order valence-electron chi connectivity index (χ0n) is 16.4. The Morgan fingerprint density at radius 2 is 2.00 bits per heavy atom. The van der Waals surface area contributed by atoms with Gasteiger partial charge in [-0.05, 0) is 52.4 Å². The quantitative estimate of drug-likeness (QED) is 0.218. The Bertz CT molecular complexity index is 1170. The molecule has 2 aromatic carbocycles. The van der Waals surface area contributed by atoms with Crippen molar-refractivity contribution in [1.29, 1.82) is 0 Å². The SMILES string of the molecule is COc1ccc(CN2CC(I)=C(Oc3ccc([N+](=O)[O-])cc3Cl)c3ccncc32)cc1. The number of non-ortho nitro benzene ring substituents is 1. The number of pyridine rings is 1. The van der Waals surface area contributed by atoms with Crippen LogP contribution in [0.15, 0.2) is 64.5 Å². The average Bonchev–Trinajstić information content (AvgIpc) is 2.77. The number of rotatable bonds is 6. The fraction of sp³-hybridized carbons (Fsp3) is 0.136. The minimum atomic E-state index is -0.489. The molecule has 0 atom stereocenters. The first-order valence-electron chi connectivity index (χ1n) is 9.29. The first-order chi connectivity index (χ1) is 15.0. The Balaban J connectivity index is 1.63. The molecule has 0 saturated heterocycles. The van der Waals surface area contributed by atoms with Gasteiger partial charge in [-0.2, -0.15) is 0 Å². The Morgan fingerprint density at radius 1 is 1.23 bits per heavy atom. The summed E-state index contributed by atoms with van der Waals surface area (Å²) in [7, 11) is 1.65. The average molecular weight is 550 g/mol. The number of hydrogen-bond acceptors (Lipinski definition) is 6. The lowest BCUT2D eigenvalue weighted by Crippen LogP contribution is -2.29. The molecular weight excluding hydrogens is 533 g/mol. The van der Waals surface area contributed by atoms with Crippen molar-refractivity contribution in [3.05, 3.63) is 90.8 Å². The van der Waals surface area contributed by atoms with E-state index < -0.39 is 4.92 Å². The Hall–Kier alpha value is -2.85. The third-order valence-corrected chi connectivity index (χ3v) is 5.96. The second-order valence-electron chi connectivity index (χ2n) is 6.80. The minimum Gasteiger partial charge on any atom is -0.497 e. The molecule has 1 aliphatic heterocycles. The zero-order valence-corrected chi connectivity index (χ0v) is 19.3. The van der Waals surface area contributed by atoms with Crippen molar-refractivity contribution in [3.8, 4) is 11.5 Å². The van der Waals surface area contributed by atoms with Crippen LogP contribution in [0.4, 0.5) is 11.4 Å². The van der Waals surface area contributed by atoms with Crippen molar-refractivity contribution < 1.29 is 14.4 Å². The summed E-state index contributed by atoms with van der Waals surface area (Å²) in [6.07, 6.45) is 3.52. The molecule has 1 aliphatic rings. The number of hydrogen-bond donors (Lipinski definition) is 0. The van der Waals surface area contributed by atoms with Crippen LogP contribution in [0.5, 0.6) is 11.5 Å². The highest BCUT2D eigenvalue weighted by atomic mass is 127. The Morgan fingerprint density at radius 3 is 2.68 bits per heavy atom. The summed E-state index contributed by atoms with van der Waals surface area (Å²) < 4.78 is 12.4. The first-order valence-corrected chi connectivity index (χ1v) is 10.7. The van der Waals surface area contributed by atoms with Gasteiger partial charge in [-0.15, -0.1) is 0 Å². The highest BCUT2D eigenvalue weighted by Crippen LogP contribution is 2.40. The van der Waals surface area contributed by atoms with Gasteiger partial charge >= 0.3 is 0 Å². The lowest BCUT2D eigenvalue weighted by atomic mass is 10.1. The topological polar surface area (TPSA) is 77.7 Å². The molecule has 0 N–H and O–H groups in total. The summed E-state index contributed by atoms with van der Waals surface area (Å²) in [5.74, 6) is 1.84. The summed E-state index contributed by atoms with van der Waals surface area (Å²) in [6, 6.07) is 14.0. The number of benzene rings is 2. The van der Waals surface area contributed by atoms with Gasteiger partial charge in [0, 0.05) is 30.4 Å². The molecule has 0 aliphatic carbocycles. The molecule has 0 amide bonds. The molecule has 1 aromatic heterocycles. The molecule has 0 radical (unpaired) electrons. The van der Waals surface area contributed by atoms with Crippen molar-refractivity contribution in [2.75, 3.05) is 18.6 Å². The van der Waals surface area contributed by atoms with E-state index in [1.807, 2.05) is 36.5 Å². The van der Waals surface area contributed by atoms with Gasteiger partial charge < -0.3 is 14.4 Å². The monoisotopic (exact) mass is 549 g/mol. The summed E-state index contributed by atoms with van der Waals surface area (Å²) in [5, 5.41) is 11.2. The number of nitro benzene ring substituents is 1. The number of anilines is 1. The van der Waals surface area contributed by atoms with Crippen LogP contribution in [-0.4, -0.2) is 23.6 Å². The molecular formula is C22H17ClIN3O4. The van der Waals surface area contributed by atoms with Gasteiger partial charge in [-0.3, -0.25) is 15.1 Å². The fourth-order valence-electron chi connectivity index (χ4n) is 3.30. The number of ether oxygens (including phenoxy) is 2. The van der Waals surface area contributed by atoms with Gasteiger partial charge in [-0.25, -0.2) is 0 Å². The van der Waals surface area contributed by atoms with Crippen molar-refractivity contribution in [2.24, 2.45) is 0 Å². The van der Waals surface area contributed by atoms with E-state index in [9.17, 15) is 10.1 Å². The molecule has 7 nitrogen and oxygen atoms in total. The van der Waals surface area contributed by atoms with Gasteiger partial charge in [0.05, 0.1) is 39.1 Å². The number of methoxy groups -OCH3 is 1. The predicted octanol–water partition coefficient (Wildman–Crippen LogP) is 5.85. The van der Waals surface area contributed by atoms with Gasteiger partial charge in [0.25, 0.3) is 5.69 Å². The van der Waals surface area contributed by atoms with Gasteiger partial charge in [0.15, 0.2) is 0 Å². The smallest absolute Gasteiger partial charge is 0.271 e. The summed E-state index contributed by atoms with van der Waals surface area (Å²) in [5.41, 5.74) is 2.88. The normalized spacial score (nSPS) is 13.1. The van der Waals surface area contributed by atoms with Crippen molar-refractivity contribution in [1.82, 2.24) is 4.98 Å². The van der Waals surface area contributed by atoms with E-state index in [2.05, 4.69) is 32.5 Å². The first kappa shape index (κ1) is 21.4. The van der Waals surface area contributed by atoms with E-state index in [0.29, 0.717) is 24.6 Å². The molecule has 0 fully saturated rings. The van der Waals surface area contributed by atoms with Gasteiger partial charge in [0.2, 0.25) is 0 Å². The molecule has 4 rings (SSSR count). The fourth-order valence-corrected chi connectivity index (χ4v) is 4.33. The van der Waals surface area contributed by atoms with E-state index in [0.717, 1.165) is 26.1 Å². The van der Waals surface area contributed by atoms with Gasteiger partial charge in [-0.1, -0.05) is 23.7 Å². The Kier molecular flexibility index (Phi) is 6.28. The molecule has 0 spiro atoms. The van der Waals surface area contributed by atoms with E-state index >= 15 is 0 Å². The highest BCUT2D eigenvalue weighted by Gasteiger charge is 2.26. The van der Waals surface area contributed by atoms with Crippen LogP contribution in [0.25, 0.3) is 5.76 Å². The van der Waals surface area contributed by atoms with E-state index in [1.54, 1.807) is 13.3 Å². The van der Waals surface area contributed by atoms with E-state index in [1.165, 1.54) is 18.2 Å². The van der Waals surface area contributed by atoms with Crippen LogP contribution >= 0.6 is 34.2 Å². The van der Waals surface area contributed by atoms with Crippen LogP contribution in [-0.2, 0) is 6.54 Å². The number of aromatic nitrogens is 1. The van der Waals surface area contributed by atoms with Crippen molar-refractivity contribution in [2.45, 2.75) is 6.54 Å². The number of halogens is 2. The summed E-state index contributed by atoms with van der Waals surface area (Å²) in [6.45, 7) is 1.33. The number of nitro groups is 1. The Labute approximate surface area is 197 Å². The third kappa shape index (κ3) is 4.59. The second kappa shape index (κ2) is 9.11. The zero-order chi connectivity index (χ0) is 22.0. The lowest BCUT2D eigenvalue weighted by molar-refractivity contribution is -0.384. The molecule has 31 heavy (non-hydrogen) atoms. The van der Waals surface area contributed by atoms with E-state index in [-0.39, 0.29) is 10.7 Å². The molecule has 0 unspecified atom stereocenters. The van der Waals surface area contributed by atoms with Crippen molar-refractivity contribution in [3.63, 3.8) is 0 Å². The molecule has 3 aromatic rings. The van der Waals surface area contributed by atoms with Gasteiger partial charge in [0.1, 0.15) is 17.3 Å². The summed E-state index contributed by atoms with van der Waals surface area (Å²) in [4.78, 5) is 17.0. The van der Waals surface area contributed by atoms with Crippen LogP contribution < -0.4 is 14.4 Å². The van der Waals surface area contributed by atoms with Crippen LogP contribution in [0.2, 0.25) is 5.02 Å².